The van der Waals surface area contributed by atoms with Gasteiger partial charge in [-0.1, -0.05) is 55.7 Å². The van der Waals surface area contributed by atoms with Crippen molar-refractivity contribution in [3.8, 4) is 0 Å². The third kappa shape index (κ3) is 6.63. The van der Waals surface area contributed by atoms with E-state index in [2.05, 4.69) is 10.0 Å². The summed E-state index contributed by atoms with van der Waals surface area (Å²) in [5.41, 5.74) is 0.888. The number of benzene rings is 2. The molecule has 1 saturated carbocycles. The zero-order chi connectivity index (χ0) is 22.3. The number of rotatable bonds is 8. The third-order valence-corrected chi connectivity index (χ3v) is 6.69. The van der Waals surface area contributed by atoms with Crippen LogP contribution in [-0.4, -0.2) is 32.4 Å². The fourth-order valence-electron chi connectivity index (χ4n) is 3.50. The fraction of sp³-hybridized carbons (Fsp3) is 0.391. The molecule has 3 rings (SSSR count). The normalized spacial score (nSPS) is 15.8. The number of carbonyl (C=O) groups is 2. The molecule has 0 heterocycles. The van der Waals surface area contributed by atoms with Gasteiger partial charge in [-0.2, -0.15) is 0 Å². The van der Waals surface area contributed by atoms with Gasteiger partial charge in [-0.3, -0.25) is 4.79 Å². The van der Waals surface area contributed by atoms with Gasteiger partial charge >= 0.3 is 5.97 Å². The van der Waals surface area contributed by atoms with Crippen molar-refractivity contribution in [2.24, 2.45) is 0 Å². The summed E-state index contributed by atoms with van der Waals surface area (Å²) in [5, 5.41) is 2.92. The molecule has 0 aromatic heterocycles. The van der Waals surface area contributed by atoms with Crippen LogP contribution in [0.4, 0.5) is 0 Å². The number of nitrogens with one attached hydrogen (secondary N) is 2. The molecule has 0 spiro atoms. The van der Waals surface area contributed by atoms with Crippen LogP contribution in [0, 0.1) is 0 Å². The minimum absolute atomic E-state index is 0.0443. The van der Waals surface area contributed by atoms with Crippen LogP contribution in [-0.2, 0) is 26.1 Å². The molecule has 0 bridgehead atoms. The van der Waals surface area contributed by atoms with Crippen molar-refractivity contribution in [2.45, 2.75) is 62.6 Å². The van der Waals surface area contributed by atoms with Crippen LogP contribution in [0.15, 0.2) is 59.5 Å². The second-order valence-electron chi connectivity index (χ2n) is 7.73. The second kappa shape index (κ2) is 10.5. The average Bonchev–Trinajstić information content (AvgIpc) is 2.79. The number of sulfonamides is 1. The van der Waals surface area contributed by atoms with Gasteiger partial charge in [-0.25, -0.2) is 17.9 Å². The van der Waals surface area contributed by atoms with Crippen molar-refractivity contribution in [3.63, 3.8) is 0 Å². The van der Waals surface area contributed by atoms with E-state index < -0.39 is 22.1 Å². The predicted molar refractivity (Wildman–Crippen MR) is 117 cm³/mol. The van der Waals surface area contributed by atoms with E-state index in [1.807, 2.05) is 30.3 Å². The molecule has 0 saturated heterocycles. The third-order valence-electron chi connectivity index (χ3n) is 5.29. The van der Waals surface area contributed by atoms with Gasteiger partial charge in [-0.15, -0.1) is 0 Å². The highest BCUT2D eigenvalue weighted by Crippen LogP contribution is 2.18. The molecule has 1 amide bonds. The summed E-state index contributed by atoms with van der Waals surface area (Å²) >= 11 is 0. The Balaban J connectivity index is 1.60. The molecule has 31 heavy (non-hydrogen) atoms. The summed E-state index contributed by atoms with van der Waals surface area (Å²) in [5.74, 6) is -1.08. The van der Waals surface area contributed by atoms with Gasteiger partial charge in [0.15, 0.2) is 6.10 Å². The lowest BCUT2D eigenvalue weighted by Crippen LogP contribution is -2.42. The maximum absolute atomic E-state index is 12.6. The first-order valence-corrected chi connectivity index (χ1v) is 12.0. The molecule has 1 aliphatic carbocycles. The minimum Gasteiger partial charge on any atom is -0.449 e. The van der Waals surface area contributed by atoms with Gasteiger partial charge in [-0.05, 0) is 43.5 Å². The summed E-state index contributed by atoms with van der Waals surface area (Å²) in [6.07, 6.45) is 4.24. The number of hydrogen-bond donors (Lipinski definition) is 2. The fourth-order valence-corrected chi connectivity index (χ4v) is 4.56. The van der Waals surface area contributed by atoms with E-state index in [4.69, 9.17) is 4.74 Å². The van der Waals surface area contributed by atoms with Crippen molar-refractivity contribution >= 4 is 21.9 Å². The molecular formula is C23H28N2O5S. The quantitative estimate of drug-likeness (QED) is 0.609. The Bertz CT molecular complexity index is 1000. The summed E-state index contributed by atoms with van der Waals surface area (Å²) in [6.45, 7) is 1.65. The summed E-state index contributed by atoms with van der Waals surface area (Å²) in [4.78, 5) is 24.8. The Morgan fingerprint density at radius 1 is 1.03 bits per heavy atom. The number of carbonyl (C=O) groups excluding carboxylic acids is 2. The number of hydrogen-bond acceptors (Lipinski definition) is 5. The topological polar surface area (TPSA) is 102 Å². The van der Waals surface area contributed by atoms with E-state index in [0.29, 0.717) is 0 Å². The Labute approximate surface area is 183 Å². The highest BCUT2D eigenvalue weighted by molar-refractivity contribution is 7.89. The standard InChI is InChI=1S/C23H28N2O5S/c1-17(22(26)25-20-12-6-3-7-13-20)30-23(27)19-11-8-14-21(15-19)31(28,29)24-16-18-9-4-2-5-10-18/h2,4-5,8-11,14-15,17,20,24H,3,6-7,12-13,16H2,1H3,(H,25,26). The minimum atomic E-state index is -3.82. The van der Waals surface area contributed by atoms with Crippen LogP contribution >= 0.6 is 0 Å². The first kappa shape index (κ1) is 23.0. The molecule has 8 heteroatoms. The van der Waals surface area contributed by atoms with Crippen LogP contribution in [0.2, 0.25) is 0 Å². The maximum atomic E-state index is 12.6. The van der Waals surface area contributed by atoms with Crippen LogP contribution in [0.25, 0.3) is 0 Å². The number of esters is 1. The molecule has 0 radical (unpaired) electrons. The van der Waals surface area contributed by atoms with Crippen molar-refractivity contribution in [1.82, 2.24) is 10.0 Å². The Morgan fingerprint density at radius 2 is 1.74 bits per heavy atom. The van der Waals surface area contributed by atoms with Crippen LogP contribution in [0.1, 0.15) is 54.9 Å². The SMILES string of the molecule is CC(OC(=O)c1cccc(S(=O)(=O)NCc2ccccc2)c1)C(=O)NC1CCCCC1. The van der Waals surface area contributed by atoms with Crippen molar-refractivity contribution in [1.29, 1.82) is 0 Å². The smallest absolute Gasteiger partial charge is 0.338 e. The zero-order valence-corrected chi connectivity index (χ0v) is 18.4. The summed E-state index contributed by atoms with van der Waals surface area (Å²) < 4.78 is 33.0. The van der Waals surface area contributed by atoms with E-state index in [9.17, 15) is 18.0 Å². The van der Waals surface area contributed by atoms with Crippen molar-refractivity contribution in [2.75, 3.05) is 0 Å². The van der Waals surface area contributed by atoms with Crippen molar-refractivity contribution in [3.05, 3.63) is 65.7 Å². The number of amides is 1. The molecule has 1 aliphatic rings. The van der Waals surface area contributed by atoms with Gasteiger partial charge in [0.1, 0.15) is 0 Å². The Kier molecular flexibility index (Phi) is 7.81. The van der Waals surface area contributed by atoms with E-state index >= 15 is 0 Å². The van der Waals surface area contributed by atoms with Crippen LogP contribution < -0.4 is 10.0 Å². The molecule has 2 N–H and O–H groups in total. The molecule has 166 valence electrons. The first-order valence-electron chi connectivity index (χ1n) is 10.5. The summed E-state index contributed by atoms with van der Waals surface area (Å²) in [6, 6.07) is 14.8. The van der Waals surface area contributed by atoms with Gasteiger partial charge < -0.3 is 10.1 Å². The highest BCUT2D eigenvalue weighted by atomic mass is 32.2. The molecule has 7 nitrogen and oxygen atoms in total. The highest BCUT2D eigenvalue weighted by Gasteiger charge is 2.24. The molecule has 0 aliphatic heterocycles. The molecule has 1 unspecified atom stereocenters. The number of ether oxygens (including phenoxy) is 1. The van der Waals surface area contributed by atoms with E-state index in [-0.39, 0.29) is 29.0 Å². The van der Waals surface area contributed by atoms with E-state index in [1.54, 1.807) is 0 Å². The predicted octanol–water partition coefficient (Wildman–Crippen LogP) is 3.16. The second-order valence-corrected chi connectivity index (χ2v) is 9.50. The lowest BCUT2D eigenvalue weighted by atomic mass is 9.95. The molecule has 1 fully saturated rings. The van der Waals surface area contributed by atoms with Gasteiger partial charge in [0.05, 0.1) is 10.5 Å². The van der Waals surface area contributed by atoms with Crippen LogP contribution in [0.3, 0.4) is 0 Å². The monoisotopic (exact) mass is 444 g/mol. The van der Waals surface area contributed by atoms with Gasteiger partial charge in [0.2, 0.25) is 10.0 Å². The van der Waals surface area contributed by atoms with Crippen LogP contribution in [0.5, 0.6) is 0 Å². The maximum Gasteiger partial charge on any atom is 0.338 e. The zero-order valence-electron chi connectivity index (χ0n) is 17.5. The molecular weight excluding hydrogens is 416 g/mol. The van der Waals surface area contributed by atoms with E-state index in [0.717, 1.165) is 31.2 Å². The van der Waals surface area contributed by atoms with Crippen molar-refractivity contribution < 1.29 is 22.7 Å². The van der Waals surface area contributed by atoms with Gasteiger partial charge in [0.25, 0.3) is 5.91 Å². The van der Waals surface area contributed by atoms with E-state index in [1.165, 1.54) is 37.6 Å². The first-order chi connectivity index (χ1) is 14.8. The molecule has 1 atom stereocenters. The summed E-state index contributed by atoms with van der Waals surface area (Å²) in [7, 11) is -3.82. The largest absolute Gasteiger partial charge is 0.449 e. The Hall–Kier alpha value is -2.71. The lowest BCUT2D eigenvalue weighted by Gasteiger charge is -2.24. The van der Waals surface area contributed by atoms with Gasteiger partial charge in [0, 0.05) is 12.6 Å². The average molecular weight is 445 g/mol. The molecule has 2 aromatic carbocycles. The molecule has 2 aromatic rings. The lowest BCUT2D eigenvalue weighted by molar-refractivity contribution is -0.130. The Morgan fingerprint density at radius 3 is 2.45 bits per heavy atom.